The normalized spacial score (nSPS) is 14.2. The van der Waals surface area contributed by atoms with E-state index in [4.69, 9.17) is 13.5 Å². The Morgan fingerprint density at radius 1 is 1.58 bits per heavy atom. The predicted molar refractivity (Wildman–Crippen MR) is 57.6 cm³/mol. The van der Waals surface area contributed by atoms with Gasteiger partial charge in [0.15, 0.2) is 9.04 Å². The molecule has 0 amide bonds. The Morgan fingerprint density at radius 3 is 2.58 bits per heavy atom. The topological polar surface area (TPSA) is 42.2 Å². The summed E-state index contributed by atoms with van der Waals surface area (Å²) in [5.74, 6) is 0. The molecular formula is C6H17NO2Si3. The number of nitrogens with zero attached hydrogens (tertiary/aromatic N) is 1. The summed E-state index contributed by atoms with van der Waals surface area (Å²) < 4.78 is 11.2. The van der Waals surface area contributed by atoms with Crippen LogP contribution in [-0.4, -0.2) is 28.1 Å². The molecule has 1 unspecified atom stereocenters. The molecular weight excluding hydrogens is 202 g/mol. The molecule has 0 aromatic heterocycles. The molecule has 0 fully saturated rings. The second-order valence-corrected chi connectivity index (χ2v) is 10.8. The van der Waals surface area contributed by atoms with Gasteiger partial charge in [0.2, 0.25) is 0 Å². The lowest BCUT2D eigenvalue weighted by atomic mass is 10.6. The van der Waals surface area contributed by atoms with E-state index in [1.807, 2.05) is 0 Å². The van der Waals surface area contributed by atoms with Crippen LogP contribution in [0.15, 0.2) is 0 Å². The number of hydrogen-bond donors (Lipinski definition) is 0. The molecule has 0 spiro atoms. The molecule has 0 radical (unpaired) electrons. The minimum absolute atomic E-state index is 0.624. The van der Waals surface area contributed by atoms with Crippen LogP contribution in [0.5, 0.6) is 0 Å². The SMILES string of the molecule is C[SiH](CCC#N)O[Si](C)(C)O[SiH3]. The first-order valence-electron chi connectivity index (χ1n) is 4.11. The van der Waals surface area contributed by atoms with E-state index >= 15 is 0 Å². The van der Waals surface area contributed by atoms with Gasteiger partial charge in [-0.1, -0.05) is 0 Å². The second kappa shape index (κ2) is 5.66. The maximum Gasteiger partial charge on any atom is 0.310 e. The second-order valence-electron chi connectivity index (χ2n) is 3.23. The van der Waals surface area contributed by atoms with E-state index in [9.17, 15) is 0 Å². The van der Waals surface area contributed by atoms with E-state index < -0.39 is 17.6 Å². The van der Waals surface area contributed by atoms with Gasteiger partial charge >= 0.3 is 8.56 Å². The first-order valence-corrected chi connectivity index (χ1v) is 10.2. The zero-order chi connectivity index (χ0) is 9.61. The minimum Gasteiger partial charge on any atom is -0.445 e. The highest BCUT2D eigenvalue weighted by Gasteiger charge is 2.24. The lowest BCUT2D eigenvalue weighted by Gasteiger charge is -2.25. The average molecular weight is 219 g/mol. The molecule has 0 aliphatic rings. The predicted octanol–water partition coefficient (Wildman–Crippen LogP) is 0.269. The molecule has 0 rings (SSSR count). The molecule has 6 heteroatoms. The van der Waals surface area contributed by atoms with Crippen LogP contribution in [0.2, 0.25) is 25.7 Å². The smallest absolute Gasteiger partial charge is 0.310 e. The van der Waals surface area contributed by atoms with Gasteiger partial charge in [0.1, 0.15) is 10.5 Å². The Balaban J connectivity index is 3.69. The van der Waals surface area contributed by atoms with Crippen molar-refractivity contribution in [3.05, 3.63) is 0 Å². The highest BCUT2D eigenvalue weighted by Crippen LogP contribution is 2.09. The van der Waals surface area contributed by atoms with Crippen molar-refractivity contribution in [1.29, 1.82) is 5.26 Å². The number of nitriles is 1. The van der Waals surface area contributed by atoms with Crippen molar-refractivity contribution in [3.63, 3.8) is 0 Å². The van der Waals surface area contributed by atoms with E-state index in [0.717, 1.165) is 16.5 Å². The lowest BCUT2D eigenvalue weighted by Crippen LogP contribution is -2.39. The Morgan fingerprint density at radius 2 is 2.17 bits per heavy atom. The van der Waals surface area contributed by atoms with Crippen LogP contribution >= 0.6 is 0 Å². The molecule has 0 N–H and O–H groups in total. The summed E-state index contributed by atoms with van der Waals surface area (Å²) >= 11 is 0. The molecule has 0 aliphatic carbocycles. The number of hydrogen-bond acceptors (Lipinski definition) is 3. The maximum atomic E-state index is 8.37. The summed E-state index contributed by atoms with van der Waals surface area (Å²) in [6, 6.07) is 3.08. The van der Waals surface area contributed by atoms with Gasteiger partial charge in [0.25, 0.3) is 0 Å². The van der Waals surface area contributed by atoms with Gasteiger partial charge in [-0.2, -0.15) is 5.26 Å². The fourth-order valence-corrected chi connectivity index (χ4v) is 6.99. The van der Waals surface area contributed by atoms with Crippen LogP contribution in [0.3, 0.4) is 0 Å². The van der Waals surface area contributed by atoms with Crippen LogP contribution in [-0.2, 0) is 8.23 Å². The summed E-state index contributed by atoms with van der Waals surface area (Å²) in [6.45, 7) is 6.26. The largest absolute Gasteiger partial charge is 0.445 e. The Kier molecular flexibility index (Phi) is 5.69. The van der Waals surface area contributed by atoms with Crippen LogP contribution in [0.1, 0.15) is 6.42 Å². The van der Waals surface area contributed by atoms with Crippen molar-refractivity contribution in [2.24, 2.45) is 0 Å². The van der Waals surface area contributed by atoms with Gasteiger partial charge < -0.3 is 8.23 Å². The van der Waals surface area contributed by atoms with Gasteiger partial charge in [-0.05, 0) is 25.7 Å². The summed E-state index contributed by atoms with van der Waals surface area (Å²) in [6.07, 6.45) is 0.624. The summed E-state index contributed by atoms with van der Waals surface area (Å²) in [4.78, 5) is 0. The first-order chi connectivity index (χ1) is 5.52. The van der Waals surface area contributed by atoms with Crippen molar-refractivity contribution in [2.75, 3.05) is 0 Å². The molecule has 0 aromatic carbocycles. The lowest BCUT2D eigenvalue weighted by molar-refractivity contribution is 0.426. The molecule has 0 aromatic rings. The maximum absolute atomic E-state index is 8.37. The van der Waals surface area contributed by atoms with Crippen LogP contribution in [0.4, 0.5) is 0 Å². The third-order valence-corrected chi connectivity index (χ3v) is 10.6. The third kappa shape index (κ3) is 5.68. The van der Waals surface area contributed by atoms with Gasteiger partial charge in [-0.25, -0.2) is 0 Å². The number of rotatable bonds is 5. The van der Waals surface area contributed by atoms with E-state index in [1.54, 1.807) is 0 Å². The molecule has 0 bridgehead atoms. The summed E-state index contributed by atoms with van der Waals surface area (Å²) in [5, 5.41) is 8.37. The van der Waals surface area contributed by atoms with Crippen molar-refractivity contribution in [2.45, 2.75) is 32.1 Å². The summed E-state index contributed by atoms with van der Waals surface area (Å²) in [5.41, 5.74) is 0. The van der Waals surface area contributed by atoms with Crippen molar-refractivity contribution < 1.29 is 8.23 Å². The first kappa shape index (κ1) is 12.1. The van der Waals surface area contributed by atoms with Gasteiger partial charge in [0.05, 0.1) is 6.07 Å². The van der Waals surface area contributed by atoms with E-state index in [0.29, 0.717) is 6.42 Å². The van der Waals surface area contributed by atoms with Crippen molar-refractivity contribution in [3.8, 4) is 6.07 Å². The van der Waals surface area contributed by atoms with Crippen LogP contribution in [0.25, 0.3) is 0 Å². The molecule has 3 nitrogen and oxygen atoms in total. The fourth-order valence-electron chi connectivity index (χ4n) is 0.859. The molecule has 70 valence electrons. The Hall–Kier alpha value is 0.0606. The molecule has 0 saturated carbocycles. The van der Waals surface area contributed by atoms with Gasteiger partial charge in [-0.15, -0.1) is 0 Å². The fraction of sp³-hybridized carbons (Fsp3) is 0.833. The molecule has 0 aliphatic heterocycles. The molecule has 0 heterocycles. The van der Waals surface area contributed by atoms with Crippen LogP contribution < -0.4 is 0 Å². The molecule has 0 saturated heterocycles. The van der Waals surface area contributed by atoms with Gasteiger partial charge in [0, 0.05) is 6.42 Å². The Bertz CT molecular complexity index is 169. The third-order valence-electron chi connectivity index (χ3n) is 1.64. The van der Waals surface area contributed by atoms with E-state index in [1.165, 1.54) is 0 Å². The molecule has 12 heavy (non-hydrogen) atoms. The zero-order valence-electron chi connectivity index (χ0n) is 8.26. The standard InChI is InChI=1S/C6H17NO2Si3/c1-11(6-4-5-7)9-12(2,3)8-10/h11H,4,6H2,1-3,10H3. The van der Waals surface area contributed by atoms with E-state index in [2.05, 4.69) is 25.7 Å². The monoisotopic (exact) mass is 219 g/mol. The van der Waals surface area contributed by atoms with Crippen molar-refractivity contribution in [1.82, 2.24) is 0 Å². The van der Waals surface area contributed by atoms with Crippen molar-refractivity contribution >= 4 is 28.1 Å². The summed E-state index contributed by atoms with van der Waals surface area (Å²) in [7, 11) is -2.15. The highest BCUT2D eigenvalue weighted by molar-refractivity contribution is 6.75. The van der Waals surface area contributed by atoms with Gasteiger partial charge in [-0.3, -0.25) is 0 Å². The van der Waals surface area contributed by atoms with E-state index in [-0.39, 0.29) is 0 Å². The highest BCUT2D eigenvalue weighted by atomic mass is 28.4. The molecule has 1 atom stereocenters. The Labute approximate surface area is 80.2 Å². The minimum atomic E-state index is -1.78. The quantitative estimate of drug-likeness (QED) is 0.623. The average Bonchev–Trinajstić information content (AvgIpc) is 2.00. The zero-order valence-corrected chi connectivity index (χ0v) is 12.4. The van der Waals surface area contributed by atoms with Crippen LogP contribution in [0, 0.1) is 11.3 Å².